The molecular formula is C21H22N6O2. The minimum absolute atomic E-state index is 0.0275. The van der Waals surface area contributed by atoms with Crippen LogP contribution in [-0.4, -0.2) is 46.9 Å². The number of fused-ring (bicyclic) bond motifs is 3. The Hall–Kier alpha value is -3.42. The summed E-state index contributed by atoms with van der Waals surface area (Å²) in [6, 6.07) is 11.8. The fraction of sp³-hybridized carbons (Fsp3) is 0.333. The van der Waals surface area contributed by atoms with E-state index in [0.29, 0.717) is 6.54 Å². The maximum atomic E-state index is 11.9. The molecule has 0 saturated heterocycles. The van der Waals surface area contributed by atoms with Gasteiger partial charge in [-0.1, -0.05) is 35.5 Å². The van der Waals surface area contributed by atoms with Crippen molar-refractivity contribution in [2.24, 2.45) is 0 Å². The molecular weight excluding hydrogens is 368 g/mol. The van der Waals surface area contributed by atoms with Crippen molar-refractivity contribution in [2.45, 2.75) is 44.2 Å². The second kappa shape index (κ2) is 7.20. The third kappa shape index (κ3) is 3.20. The van der Waals surface area contributed by atoms with Crippen molar-refractivity contribution in [3.8, 4) is 0 Å². The van der Waals surface area contributed by atoms with E-state index in [1.165, 1.54) is 0 Å². The minimum Gasteiger partial charge on any atom is -0.465 e. The Labute approximate surface area is 167 Å². The number of nitrogens with zero attached hydrogens (tertiary/aromatic N) is 5. The minimum atomic E-state index is -0.855. The van der Waals surface area contributed by atoms with E-state index >= 15 is 0 Å². The molecule has 0 atom stereocenters. The highest BCUT2D eigenvalue weighted by Gasteiger charge is 2.31. The maximum Gasteiger partial charge on any atom is 0.407 e. The highest BCUT2D eigenvalue weighted by molar-refractivity contribution is 5.92. The van der Waals surface area contributed by atoms with Crippen LogP contribution in [0.3, 0.4) is 0 Å². The van der Waals surface area contributed by atoms with Gasteiger partial charge in [0.25, 0.3) is 0 Å². The fourth-order valence-corrected chi connectivity index (χ4v) is 4.49. The normalized spacial score (nSPS) is 19.6. The van der Waals surface area contributed by atoms with Crippen molar-refractivity contribution in [1.29, 1.82) is 0 Å². The molecule has 4 aromatic rings. The molecule has 1 aromatic carbocycles. The number of hydrogen-bond donors (Lipinski definition) is 2. The summed E-state index contributed by atoms with van der Waals surface area (Å²) in [6.07, 6.45) is 6.14. The van der Waals surface area contributed by atoms with Crippen molar-refractivity contribution in [3.63, 3.8) is 0 Å². The lowest BCUT2D eigenvalue weighted by Crippen LogP contribution is -2.40. The number of nitrogens with one attached hydrogen (secondary N) is 1. The van der Waals surface area contributed by atoms with E-state index in [2.05, 4.69) is 20.3 Å². The van der Waals surface area contributed by atoms with E-state index in [4.69, 9.17) is 0 Å². The number of aromatic amines is 1. The molecule has 1 aliphatic rings. The van der Waals surface area contributed by atoms with Crippen LogP contribution in [0.4, 0.5) is 4.79 Å². The van der Waals surface area contributed by atoms with Crippen LogP contribution in [0.2, 0.25) is 0 Å². The van der Waals surface area contributed by atoms with Gasteiger partial charge < -0.3 is 15.0 Å². The summed E-state index contributed by atoms with van der Waals surface area (Å²) in [5.41, 5.74) is 3.83. The molecule has 0 bridgehead atoms. The number of benzene rings is 1. The number of H-pyrrole nitrogens is 1. The van der Waals surface area contributed by atoms with Crippen LogP contribution in [0.5, 0.6) is 0 Å². The second-order valence-corrected chi connectivity index (χ2v) is 7.65. The lowest BCUT2D eigenvalue weighted by atomic mass is 9.83. The molecule has 29 heavy (non-hydrogen) atoms. The van der Waals surface area contributed by atoms with Crippen molar-refractivity contribution >= 4 is 22.6 Å². The zero-order valence-corrected chi connectivity index (χ0v) is 15.9. The summed E-state index contributed by atoms with van der Waals surface area (Å²) in [5.74, 6) is 0.275. The van der Waals surface area contributed by atoms with Crippen LogP contribution in [0.15, 0.2) is 48.9 Å². The van der Waals surface area contributed by atoms with Crippen LogP contribution >= 0.6 is 0 Å². The molecule has 1 saturated carbocycles. The summed E-state index contributed by atoms with van der Waals surface area (Å²) in [7, 11) is 0. The number of carbonyl (C=O) groups is 1. The van der Waals surface area contributed by atoms with Gasteiger partial charge in [0.05, 0.1) is 5.69 Å². The Kier molecular flexibility index (Phi) is 4.38. The number of aromatic nitrogens is 5. The molecule has 3 aromatic heterocycles. The van der Waals surface area contributed by atoms with Gasteiger partial charge in [-0.05, 0) is 37.3 Å². The molecule has 0 unspecified atom stereocenters. The van der Waals surface area contributed by atoms with E-state index in [9.17, 15) is 9.90 Å². The molecule has 3 heterocycles. The van der Waals surface area contributed by atoms with Crippen LogP contribution in [0.25, 0.3) is 16.6 Å². The highest BCUT2D eigenvalue weighted by atomic mass is 16.4. The molecule has 1 amide bonds. The quantitative estimate of drug-likeness (QED) is 0.552. The van der Waals surface area contributed by atoms with Crippen LogP contribution in [0.1, 0.15) is 42.9 Å². The zero-order chi connectivity index (χ0) is 19.8. The molecule has 8 nitrogen and oxygen atoms in total. The SMILES string of the molecule is O=C(O)N(Cc1ccccc1)C1CCC(c2nnn3cnc4[nH]ccc4c23)CC1. The van der Waals surface area contributed by atoms with Gasteiger partial charge in [0, 0.05) is 30.1 Å². The molecule has 1 aliphatic carbocycles. The lowest BCUT2D eigenvalue weighted by molar-refractivity contribution is 0.104. The standard InChI is InChI=1S/C21H22N6O2/c28-21(29)26(12-14-4-2-1-3-5-14)16-8-6-15(7-9-16)18-19-17-10-11-22-20(17)23-13-27(19)25-24-18/h1-5,10-11,13,15-16,22H,6-9,12H2,(H,28,29). The van der Waals surface area contributed by atoms with Crippen molar-refractivity contribution < 1.29 is 9.90 Å². The van der Waals surface area contributed by atoms with Crippen LogP contribution < -0.4 is 0 Å². The Morgan fingerprint density at radius 3 is 2.72 bits per heavy atom. The molecule has 5 rings (SSSR count). The average Bonchev–Trinajstić information content (AvgIpc) is 3.39. The molecule has 1 fully saturated rings. The first-order chi connectivity index (χ1) is 14.2. The first-order valence-electron chi connectivity index (χ1n) is 9.91. The molecule has 0 aliphatic heterocycles. The predicted octanol–water partition coefficient (Wildman–Crippen LogP) is 3.81. The number of amides is 1. The van der Waals surface area contributed by atoms with Gasteiger partial charge in [-0.15, -0.1) is 5.10 Å². The van der Waals surface area contributed by atoms with E-state index < -0.39 is 6.09 Å². The Morgan fingerprint density at radius 2 is 1.97 bits per heavy atom. The smallest absolute Gasteiger partial charge is 0.407 e. The van der Waals surface area contributed by atoms with E-state index in [1.807, 2.05) is 42.6 Å². The van der Waals surface area contributed by atoms with Gasteiger partial charge in [-0.2, -0.15) is 0 Å². The molecule has 2 N–H and O–H groups in total. The van der Waals surface area contributed by atoms with E-state index in [-0.39, 0.29) is 12.0 Å². The molecule has 0 spiro atoms. The van der Waals surface area contributed by atoms with Crippen molar-refractivity contribution in [1.82, 2.24) is 29.7 Å². The van der Waals surface area contributed by atoms with Gasteiger partial charge in [0.2, 0.25) is 0 Å². The van der Waals surface area contributed by atoms with Gasteiger partial charge in [0.1, 0.15) is 17.5 Å². The Morgan fingerprint density at radius 1 is 1.17 bits per heavy atom. The summed E-state index contributed by atoms with van der Waals surface area (Å²) in [5, 5.41) is 19.5. The Balaban J connectivity index is 1.35. The first-order valence-corrected chi connectivity index (χ1v) is 9.91. The average molecular weight is 390 g/mol. The number of carboxylic acid groups (broad SMARTS) is 1. The third-order valence-electron chi connectivity index (χ3n) is 5.96. The lowest BCUT2D eigenvalue weighted by Gasteiger charge is -2.35. The summed E-state index contributed by atoms with van der Waals surface area (Å²) < 4.78 is 1.73. The summed E-state index contributed by atoms with van der Waals surface area (Å²) in [4.78, 5) is 21.0. The molecule has 8 heteroatoms. The van der Waals surface area contributed by atoms with Gasteiger partial charge in [-0.25, -0.2) is 14.3 Å². The third-order valence-corrected chi connectivity index (χ3v) is 5.96. The largest absolute Gasteiger partial charge is 0.465 e. The van der Waals surface area contributed by atoms with Crippen molar-refractivity contribution in [3.05, 3.63) is 60.2 Å². The topological polar surface area (TPSA) is 99.4 Å². The highest BCUT2D eigenvalue weighted by Crippen LogP contribution is 2.37. The summed E-state index contributed by atoms with van der Waals surface area (Å²) in [6.45, 7) is 0.427. The molecule has 0 radical (unpaired) electrons. The van der Waals surface area contributed by atoms with E-state index in [1.54, 1.807) is 15.7 Å². The van der Waals surface area contributed by atoms with E-state index in [0.717, 1.165) is 53.5 Å². The predicted molar refractivity (Wildman–Crippen MR) is 108 cm³/mol. The number of rotatable bonds is 4. The zero-order valence-electron chi connectivity index (χ0n) is 15.9. The van der Waals surface area contributed by atoms with Gasteiger partial charge in [0.15, 0.2) is 0 Å². The van der Waals surface area contributed by atoms with Crippen molar-refractivity contribution in [2.75, 3.05) is 0 Å². The molecule has 148 valence electrons. The maximum absolute atomic E-state index is 11.9. The van der Waals surface area contributed by atoms with Crippen LogP contribution in [0, 0.1) is 0 Å². The number of hydrogen-bond acceptors (Lipinski definition) is 4. The van der Waals surface area contributed by atoms with Gasteiger partial charge >= 0.3 is 6.09 Å². The first kappa shape index (κ1) is 17.7. The Bertz CT molecular complexity index is 1140. The summed E-state index contributed by atoms with van der Waals surface area (Å²) >= 11 is 0. The van der Waals surface area contributed by atoms with Crippen LogP contribution in [-0.2, 0) is 6.54 Å². The second-order valence-electron chi connectivity index (χ2n) is 7.65. The fourth-order valence-electron chi connectivity index (χ4n) is 4.49. The monoisotopic (exact) mass is 390 g/mol. The van der Waals surface area contributed by atoms with Gasteiger partial charge in [-0.3, -0.25) is 0 Å².